The van der Waals surface area contributed by atoms with Crippen LogP contribution in [-0.2, 0) is 11.3 Å². The second kappa shape index (κ2) is 8.87. The van der Waals surface area contributed by atoms with Gasteiger partial charge in [-0.15, -0.1) is 11.3 Å². The Kier molecular flexibility index (Phi) is 5.86. The maximum atomic E-state index is 12.0. The molecule has 29 heavy (non-hydrogen) atoms. The van der Waals surface area contributed by atoms with Crippen molar-refractivity contribution in [2.45, 2.75) is 18.9 Å². The van der Waals surface area contributed by atoms with Crippen LogP contribution in [-0.4, -0.2) is 30.4 Å². The van der Waals surface area contributed by atoms with E-state index in [9.17, 15) is 4.79 Å². The molecule has 0 saturated carbocycles. The van der Waals surface area contributed by atoms with Crippen LogP contribution in [0.1, 0.15) is 22.9 Å². The average molecular weight is 406 g/mol. The van der Waals surface area contributed by atoms with Gasteiger partial charge in [0.2, 0.25) is 5.91 Å². The van der Waals surface area contributed by atoms with Crippen molar-refractivity contribution in [3.63, 3.8) is 0 Å². The first kappa shape index (κ1) is 19.1. The van der Waals surface area contributed by atoms with E-state index in [1.165, 1.54) is 0 Å². The summed E-state index contributed by atoms with van der Waals surface area (Å²) in [6, 6.07) is 18.1. The number of para-hydroxylation sites is 1. The molecule has 1 aliphatic rings. The predicted octanol–water partition coefficient (Wildman–Crippen LogP) is 3.60. The van der Waals surface area contributed by atoms with Gasteiger partial charge in [-0.1, -0.05) is 48.5 Å². The Bertz CT molecular complexity index is 1010. The Labute approximate surface area is 174 Å². The van der Waals surface area contributed by atoms with Gasteiger partial charge in [-0.2, -0.15) is 0 Å². The van der Waals surface area contributed by atoms with Crippen LogP contribution >= 0.6 is 11.3 Å². The van der Waals surface area contributed by atoms with Crippen molar-refractivity contribution in [3.8, 4) is 11.3 Å². The lowest BCUT2D eigenvalue weighted by molar-refractivity contribution is -0.116. The van der Waals surface area contributed by atoms with Crippen molar-refractivity contribution >= 4 is 28.9 Å². The van der Waals surface area contributed by atoms with Crippen molar-refractivity contribution < 1.29 is 4.79 Å². The first-order valence-corrected chi connectivity index (χ1v) is 10.4. The number of aromatic nitrogens is 1. The lowest BCUT2D eigenvalue weighted by Gasteiger charge is -2.26. The largest absolute Gasteiger partial charge is 0.356 e. The van der Waals surface area contributed by atoms with Crippen LogP contribution < -0.4 is 16.0 Å². The molecular formula is C22H23N5OS. The summed E-state index contributed by atoms with van der Waals surface area (Å²) in [5.74, 6) is 0.864. The van der Waals surface area contributed by atoms with Crippen molar-refractivity contribution in [2.75, 3.05) is 18.9 Å². The minimum atomic E-state index is 0.0506. The summed E-state index contributed by atoms with van der Waals surface area (Å²) in [6.45, 7) is 1.23. The molecule has 0 bridgehead atoms. The van der Waals surface area contributed by atoms with Crippen LogP contribution in [0, 0.1) is 0 Å². The van der Waals surface area contributed by atoms with E-state index in [0.29, 0.717) is 25.5 Å². The van der Waals surface area contributed by atoms with Gasteiger partial charge in [0.25, 0.3) is 0 Å². The number of rotatable bonds is 5. The molecule has 1 aromatic heterocycles. The maximum absolute atomic E-state index is 12.0. The van der Waals surface area contributed by atoms with Gasteiger partial charge in [0.1, 0.15) is 5.01 Å². The second-order valence-corrected chi connectivity index (χ2v) is 7.78. The van der Waals surface area contributed by atoms with Crippen LogP contribution in [0.25, 0.3) is 11.3 Å². The Balaban J connectivity index is 1.34. The maximum Gasteiger partial charge on any atom is 0.225 e. The zero-order chi connectivity index (χ0) is 20.1. The molecule has 7 heteroatoms. The molecular weight excluding hydrogens is 382 g/mol. The van der Waals surface area contributed by atoms with E-state index in [1.807, 2.05) is 36.4 Å². The third-order valence-corrected chi connectivity index (χ3v) is 5.72. The summed E-state index contributed by atoms with van der Waals surface area (Å²) in [7, 11) is 1.74. The van der Waals surface area contributed by atoms with E-state index >= 15 is 0 Å². The van der Waals surface area contributed by atoms with Gasteiger partial charge >= 0.3 is 0 Å². The van der Waals surface area contributed by atoms with Crippen molar-refractivity contribution in [3.05, 3.63) is 70.5 Å². The SMILES string of the molecule is CN=C(NCc1nc(-c2ccccc2)cs1)NCC1CC(=O)Nc2ccccc21. The highest BCUT2D eigenvalue weighted by molar-refractivity contribution is 7.09. The first-order valence-electron chi connectivity index (χ1n) is 9.56. The molecule has 1 atom stereocenters. The molecule has 1 amide bonds. The first-order chi connectivity index (χ1) is 14.2. The fourth-order valence-corrected chi connectivity index (χ4v) is 4.16. The summed E-state index contributed by atoms with van der Waals surface area (Å²) < 4.78 is 0. The molecule has 0 radical (unpaired) electrons. The van der Waals surface area contributed by atoms with Gasteiger partial charge in [-0.05, 0) is 11.6 Å². The average Bonchev–Trinajstić information content (AvgIpc) is 3.23. The molecule has 3 N–H and O–H groups in total. The quantitative estimate of drug-likeness (QED) is 0.448. The minimum Gasteiger partial charge on any atom is -0.356 e. The molecule has 0 fully saturated rings. The van der Waals surface area contributed by atoms with E-state index in [2.05, 4.69) is 44.5 Å². The molecule has 148 valence electrons. The Morgan fingerprint density at radius 3 is 2.79 bits per heavy atom. The smallest absolute Gasteiger partial charge is 0.225 e. The van der Waals surface area contributed by atoms with Crippen LogP contribution in [0.3, 0.4) is 0 Å². The fraction of sp³-hybridized carbons (Fsp3) is 0.227. The zero-order valence-electron chi connectivity index (χ0n) is 16.2. The van der Waals surface area contributed by atoms with E-state index in [0.717, 1.165) is 27.5 Å². The molecule has 6 nitrogen and oxygen atoms in total. The number of hydrogen-bond donors (Lipinski definition) is 3. The molecule has 1 aliphatic heterocycles. The van der Waals surface area contributed by atoms with E-state index in [4.69, 9.17) is 4.98 Å². The highest BCUT2D eigenvalue weighted by Crippen LogP contribution is 2.31. The number of nitrogens with one attached hydrogen (secondary N) is 3. The fourth-order valence-electron chi connectivity index (χ4n) is 3.42. The number of nitrogens with zero attached hydrogens (tertiary/aromatic N) is 2. The highest BCUT2D eigenvalue weighted by atomic mass is 32.1. The number of guanidine groups is 1. The highest BCUT2D eigenvalue weighted by Gasteiger charge is 2.24. The molecule has 0 saturated heterocycles. The van der Waals surface area contributed by atoms with E-state index in [-0.39, 0.29) is 11.8 Å². The second-order valence-electron chi connectivity index (χ2n) is 6.84. The summed E-state index contributed by atoms with van der Waals surface area (Å²) in [6.07, 6.45) is 0.466. The Hall–Kier alpha value is -3.19. The molecule has 0 aliphatic carbocycles. The van der Waals surface area contributed by atoms with Crippen LogP contribution in [0.4, 0.5) is 5.69 Å². The number of thiazole rings is 1. The van der Waals surface area contributed by atoms with Crippen molar-refractivity contribution in [2.24, 2.45) is 4.99 Å². The lowest BCUT2D eigenvalue weighted by atomic mass is 9.90. The van der Waals surface area contributed by atoms with E-state index < -0.39 is 0 Å². The summed E-state index contributed by atoms with van der Waals surface area (Å²) in [5.41, 5.74) is 4.16. The molecule has 3 aromatic rings. The normalized spacial score (nSPS) is 16.1. The zero-order valence-corrected chi connectivity index (χ0v) is 17.0. The van der Waals surface area contributed by atoms with Crippen molar-refractivity contribution in [1.29, 1.82) is 0 Å². The summed E-state index contributed by atoms with van der Waals surface area (Å²) >= 11 is 1.62. The monoisotopic (exact) mass is 405 g/mol. The number of hydrogen-bond acceptors (Lipinski definition) is 4. The number of carbonyl (C=O) groups is 1. The number of benzene rings is 2. The Morgan fingerprint density at radius 2 is 1.97 bits per heavy atom. The van der Waals surface area contributed by atoms with Crippen LogP contribution in [0.15, 0.2) is 65.0 Å². The van der Waals surface area contributed by atoms with Crippen molar-refractivity contribution in [1.82, 2.24) is 15.6 Å². The number of fused-ring (bicyclic) bond motifs is 1. The summed E-state index contributed by atoms with van der Waals surface area (Å²) in [4.78, 5) is 21.0. The van der Waals surface area contributed by atoms with Gasteiger partial charge in [-0.3, -0.25) is 9.79 Å². The third-order valence-electron chi connectivity index (χ3n) is 4.87. The standard InChI is InChI=1S/C22H23N5OS/c1-23-22(24-12-16-11-20(28)26-18-10-6-5-9-17(16)18)25-13-21-27-19(14-29-21)15-7-3-2-4-8-15/h2-10,14,16H,11-13H2,1H3,(H,26,28)(H2,23,24,25). The van der Waals surface area contributed by atoms with Gasteiger partial charge in [0.05, 0.1) is 12.2 Å². The predicted molar refractivity (Wildman–Crippen MR) is 118 cm³/mol. The molecule has 2 aromatic carbocycles. The summed E-state index contributed by atoms with van der Waals surface area (Å²) in [5, 5.41) is 12.7. The number of aliphatic imine (C=N–C) groups is 1. The van der Waals surface area contributed by atoms with E-state index in [1.54, 1.807) is 18.4 Å². The number of anilines is 1. The Morgan fingerprint density at radius 1 is 1.17 bits per heavy atom. The van der Waals surface area contributed by atoms with Gasteiger partial charge < -0.3 is 16.0 Å². The molecule has 4 rings (SSSR count). The molecule has 1 unspecified atom stereocenters. The number of amides is 1. The van der Waals surface area contributed by atoms with Crippen LogP contribution in [0.5, 0.6) is 0 Å². The topological polar surface area (TPSA) is 78.4 Å². The minimum absolute atomic E-state index is 0.0506. The third kappa shape index (κ3) is 4.63. The molecule has 0 spiro atoms. The van der Waals surface area contributed by atoms with Gasteiger partial charge in [-0.25, -0.2) is 4.98 Å². The van der Waals surface area contributed by atoms with Crippen LogP contribution in [0.2, 0.25) is 0 Å². The van der Waals surface area contributed by atoms with Gasteiger partial charge in [0, 0.05) is 42.6 Å². The molecule has 2 heterocycles. The van der Waals surface area contributed by atoms with Gasteiger partial charge in [0.15, 0.2) is 5.96 Å². The lowest BCUT2D eigenvalue weighted by Crippen LogP contribution is -2.40. The number of carbonyl (C=O) groups excluding carboxylic acids is 1.